The number of carbonyl (C=O) groups is 1. The van der Waals surface area contributed by atoms with E-state index < -0.39 is 20.9 Å². The first-order valence-electron chi connectivity index (χ1n) is 7.54. The van der Waals surface area contributed by atoms with Crippen LogP contribution in [0.3, 0.4) is 0 Å². The number of benzene rings is 2. The van der Waals surface area contributed by atoms with Gasteiger partial charge in [-0.05, 0) is 30.3 Å². The second kappa shape index (κ2) is 7.92. The third-order valence-corrected chi connectivity index (χ3v) is 5.98. The number of hydrogen-bond acceptors (Lipinski definition) is 7. The topological polar surface area (TPSA) is 131 Å². The van der Waals surface area contributed by atoms with Crippen molar-refractivity contribution < 1.29 is 18.1 Å². The molecule has 144 valence electrons. The van der Waals surface area contributed by atoms with E-state index in [-0.39, 0.29) is 26.3 Å². The normalized spacial score (nSPS) is 11.0. The number of nitro benzene ring substituents is 1. The molecule has 0 radical (unpaired) electrons. The number of aromatic nitrogens is 1. The summed E-state index contributed by atoms with van der Waals surface area (Å²) >= 11 is 7.08. The summed E-state index contributed by atoms with van der Waals surface area (Å²) in [4.78, 5) is 26.4. The maximum absolute atomic E-state index is 12.3. The van der Waals surface area contributed by atoms with Crippen molar-refractivity contribution in [2.45, 2.75) is 4.90 Å². The van der Waals surface area contributed by atoms with E-state index in [0.717, 1.165) is 17.4 Å². The van der Waals surface area contributed by atoms with E-state index in [1.807, 2.05) is 0 Å². The Labute approximate surface area is 168 Å². The molecule has 1 amide bonds. The van der Waals surface area contributed by atoms with Crippen LogP contribution < -0.4 is 10.0 Å². The molecule has 12 heteroatoms. The molecule has 2 aromatic carbocycles. The van der Waals surface area contributed by atoms with Crippen LogP contribution in [0.5, 0.6) is 0 Å². The van der Waals surface area contributed by atoms with Crippen LogP contribution in [0.1, 0.15) is 10.4 Å². The molecular formula is C16H11ClN4O5S2. The van der Waals surface area contributed by atoms with Crippen molar-refractivity contribution in [3.63, 3.8) is 0 Å². The van der Waals surface area contributed by atoms with Crippen LogP contribution in [-0.4, -0.2) is 24.2 Å². The summed E-state index contributed by atoms with van der Waals surface area (Å²) in [5.41, 5.74) is -0.0528. The number of anilines is 2. The van der Waals surface area contributed by atoms with E-state index >= 15 is 0 Å². The third kappa shape index (κ3) is 4.44. The van der Waals surface area contributed by atoms with Gasteiger partial charge in [0.1, 0.15) is 0 Å². The molecule has 1 heterocycles. The first kappa shape index (κ1) is 19.7. The highest BCUT2D eigenvalue weighted by Crippen LogP contribution is 2.24. The van der Waals surface area contributed by atoms with Crippen molar-refractivity contribution >= 4 is 55.4 Å². The first-order chi connectivity index (χ1) is 13.3. The Morgan fingerprint density at radius 1 is 1.18 bits per heavy atom. The minimum atomic E-state index is -3.81. The van der Waals surface area contributed by atoms with Gasteiger partial charge in [-0.15, -0.1) is 11.3 Å². The molecule has 0 aliphatic carbocycles. The van der Waals surface area contributed by atoms with Crippen LogP contribution in [0.25, 0.3) is 0 Å². The summed E-state index contributed by atoms with van der Waals surface area (Å²) in [6.45, 7) is 0. The lowest BCUT2D eigenvalue weighted by molar-refractivity contribution is -0.384. The molecule has 0 atom stereocenters. The number of halogens is 1. The number of thiazole rings is 1. The van der Waals surface area contributed by atoms with E-state index in [1.54, 1.807) is 5.38 Å². The highest BCUT2D eigenvalue weighted by atomic mass is 35.5. The van der Waals surface area contributed by atoms with Crippen molar-refractivity contribution in [3.05, 3.63) is 74.7 Å². The van der Waals surface area contributed by atoms with Crippen molar-refractivity contribution in [2.24, 2.45) is 0 Å². The fourth-order valence-electron chi connectivity index (χ4n) is 2.16. The highest BCUT2D eigenvalue weighted by molar-refractivity contribution is 7.93. The summed E-state index contributed by atoms with van der Waals surface area (Å²) in [5, 5.41) is 15.3. The van der Waals surface area contributed by atoms with Gasteiger partial charge in [-0.25, -0.2) is 13.4 Å². The van der Waals surface area contributed by atoms with Gasteiger partial charge in [0.05, 0.1) is 20.4 Å². The molecule has 0 aliphatic rings. The van der Waals surface area contributed by atoms with Crippen LogP contribution in [0.4, 0.5) is 16.5 Å². The summed E-state index contributed by atoms with van der Waals surface area (Å²) in [7, 11) is -3.81. The van der Waals surface area contributed by atoms with Crippen LogP contribution >= 0.6 is 22.9 Å². The Kier molecular flexibility index (Phi) is 5.58. The second-order valence-corrected chi connectivity index (χ2v) is 8.33. The van der Waals surface area contributed by atoms with E-state index in [2.05, 4.69) is 15.0 Å². The lowest BCUT2D eigenvalue weighted by atomic mass is 10.2. The predicted molar refractivity (Wildman–Crippen MR) is 105 cm³/mol. The lowest BCUT2D eigenvalue weighted by Crippen LogP contribution is -2.14. The van der Waals surface area contributed by atoms with Gasteiger partial charge in [0.2, 0.25) is 0 Å². The average molecular weight is 439 g/mol. The van der Waals surface area contributed by atoms with Crippen LogP contribution in [-0.2, 0) is 10.0 Å². The van der Waals surface area contributed by atoms with E-state index in [9.17, 15) is 23.3 Å². The number of rotatable bonds is 6. The Bertz CT molecular complexity index is 1130. The number of carbonyl (C=O) groups excluding carboxylic acids is 1. The molecule has 0 unspecified atom stereocenters. The summed E-state index contributed by atoms with van der Waals surface area (Å²) in [5.74, 6) is -0.662. The molecular weight excluding hydrogens is 428 g/mol. The number of nitrogens with zero attached hydrogens (tertiary/aromatic N) is 2. The standard InChI is InChI=1S/C16H11ClN4O5S2/c17-14-6-3-11(21(23)24)9-13(14)15(22)19-10-1-4-12(5-2-10)28(25,26)20-16-18-7-8-27-16/h1-9H,(H,18,20)(H,19,22). The van der Waals surface area contributed by atoms with E-state index in [0.29, 0.717) is 5.69 Å². The number of hydrogen-bond donors (Lipinski definition) is 2. The van der Waals surface area contributed by atoms with Crippen molar-refractivity contribution in [2.75, 3.05) is 10.0 Å². The highest BCUT2D eigenvalue weighted by Gasteiger charge is 2.18. The first-order valence-corrected chi connectivity index (χ1v) is 10.3. The molecule has 0 bridgehead atoms. The maximum Gasteiger partial charge on any atom is 0.270 e. The summed E-state index contributed by atoms with van der Waals surface area (Å²) in [6.07, 6.45) is 1.47. The predicted octanol–water partition coefficient (Wildman–Crippen LogP) is 3.76. The zero-order valence-electron chi connectivity index (χ0n) is 13.8. The molecule has 1 aromatic heterocycles. The van der Waals surface area contributed by atoms with E-state index in [4.69, 9.17) is 11.6 Å². The summed E-state index contributed by atoms with van der Waals surface area (Å²) in [6, 6.07) is 8.90. The molecule has 3 aromatic rings. The Hall–Kier alpha value is -3.02. The van der Waals surface area contributed by atoms with Gasteiger partial charge >= 0.3 is 0 Å². The largest absolute Gasteiger partial charge is 0.322 e. The smallest absolute Gasteiger partial charge is 0.270 e. The number of nitrogens with one attached hydrogen (secondary N) is 2. The molecule has 0 saturated carbocycles. The van der Waals surface area contributed by atoms with Crippen molar-refractivity contribution in [3.8, 4) is 0 Å². The number of nitro groups is 1. The quantitative estimate of drug-likeness (QED) is 0.445. The SMILES string of the molecule is O=C(Nc1ccc(S(=O)(=O)Nc2nccs2)cc1)c1cc([N+](=O)[O-])ccc1Cl. The van der Waals surface area contributed by atoms with E-state index in [1.165, 1.54) is 42.6 Å². The van der Waals surface area contributed by atoms with Crippen LogP contribution in [0, 0.1) is 10.1 Å². The second-order valence-electron chi connectivity index (χ2n) is 5.34. The van der Waals surface area contributed by atoms with Gasteiger partial charge in [-0.1, -0.05) is 11.6 Å². The molecule has 2 N–H and O–H groups in total. The van der Waals surface area contributed by atoms with Gasteiger partial charge < -0.3 is 5.32 Å². The minimum absolute atomic E-state index is 0.0194. The fraction of sp³-hybridized carbons (Fsp3) is 0. The lowest BCUT2D eigenvalue weighted by Gasteiger charge is -2.09. The number of amides is 1. The minimum Gasteiger partial charge on any atom is -0.322 e. The average Bonchev–Trinajstić information content (AvgIpc) is 3.14. The summed E-state index contributed by atoms with van der Waals surface area (Å²) < 4.78 is 26.9. The van der Waals surface area contributed by atoms with Crippen molar-refractivity contribution in [1.82, 2.24) is 4.98 Å². The fourth-order valence-corrected chi connectivity index (χ4v) is 4.16. The van der Waals surface area contributed by atoms with Crippen LogP contribution in [0.15, 0.2) is 58.9 Å². The molecule has 0 spiro atoms. The van der Waals surface area contributed by atoms with Gasteiger partial charge in [0, 0.05) is 29.4 Å². The van der Waals surface area contributed by atoms with Gasteiger partial charge in [-0.2, -0.15) is 0 Å². The molecule has 3 rings (SSSR count). The zero-order chi connectivity index (χ0) is 20.3. The van der Waals surface area contributed by atoms with Gasteiger partial charge in [0.25, 0.3) is 21.6 Å². The molecule has 28 heavy (non-hydrogen) atoms. The van der Waals surface area contributed by atoms with Gasteiger partial charge in [0.15, 0.2) is 5.13 Å². The zero-order valence-corrected chi connectivity index (χ0v) is 16.2. The molecule has 0 fully saturated rings. The number of non-ortho nitro benzene ring substituents is 1. The molecule has 0 aliphatic heterocycles. The Morgan fingerprint density at radius 3 is 2.50 bits per heavy atom. The van der Waals surface area contributed by atoms with Crippen LogP contribution in [0.2, 0.25) is 5.02 Å². The van der Waals surface area contributed by atoms with Gasteiger partial charge in [-0.3, -0.25) is 19.6 Å². The Balaban J connectivity index is 1.76. The monoisotopic (exact) mass is 438 g/mol. The molecule has 0 saturated heterocycles. The number of sulfonamides is 1. The Morgan fingerprint density at radius 2 is 1.89 bits per heavy atom. The maximum atomic E-state index is 12.3. The third-order valence-electron chi connectivity index (χ3n) is 3.48. The molecule has 9 nitrogen and oxygen atoms in total. The van der Waals surface area contributed by atoms with Crippen molar-refractivity contribution in [1.29, 1.82) is 0 Å².